The van der Waals surface area contributed by atoms with Crippen LogP contribution in [0.1, 0.15) is 29.0 Å². The highest BCUT2D eigenvalue weighted by atomic mass is 32.2. The number of carbonyl (C=O) groups excluding carboxylic acids is 1. The van der Waals surface area contributed by atoms with Gasteiger partial charge in [0.05, 0.1) is 31.4 Å². The van der Waals surface area contributed by atoms with Gasteiger partial charge in [-0.1, -0.05) is 17.8 Å². The van der Waals surface area contributed by atoms with Crippen LogP contribution in [0.15, 0.2) is 50.8 Å². The van der Waals surface area contributed by atoms with Crippen molar-refractivity contribution in [3.05, 3.63) is 69.7 Å². The van der Waals surface area contributed by atoms with E-state index in [9.17, 15) is 9.59 Å². The standard InChI is InChI=1S/C22H23N3O4S/c1-14-8-9-19(28-2)17(11-14)23-20(26)13-30-21-16-6-3-7-18(16)25(22(27)24-21)12-15-5-4-10-29-15/h4-5,8-11H,3,6-7,12-13H2,1-2H3,(H,23,26). The molecule has 1 aromatic carbocycles. The van der Waals surface area contributed by atoms with Gasteiger partial charge in [0.2, 0.25) is 5.91 Å². The molecule has 2 heterocycles. The molecule has 8 heteroatoms. The second kappa shape index (κ2) is 8.79. The van der Waals surface area contributed by atoms with Crippen LogP contribution in [0.3, 0.4) is 0 Å². The number of benzene rings is 1. The van der Waals surface area contributed by atoms with Crippen LogP contribution in [0.25, 0.3) is 0 Å². The number of nitrogens with one attached hydrogen (secondary N) is 1. The number of furan rings is 1. The maximum Gasteiger partial charge on any atom is 0.349 e. The average molecular weight is 426 g/mol. The van der Waals surface area contributed by atoms with E-state index in [4.69, 9.17) is 9.15 Å². The molecule has 156 valence electrons. The van der Waals surface area contributed by atoms with Crippen molar-refractivity contribution >= 4 is 23.4 Å². The van der Waals surface area contributed by atoms with Gasteiger partial charge in [-0.25, -0.2) is 4.79 Å². The summed E-state index contributed by atoms with van der Waals surface area (Å²) in [6.07, 6.45) is 4.25. The van der Waals surface area contributed by atoms with Crippen molar-refractivity contribution < 1.29 is 13.9 Å². The van der Waals surface area contributed by atoms with E-state index in [1.54, 1.807) is 24.0 Å². The Labute approximate surface area is 178 Å². The van der Waals surface area contributed by atoms with Crippen molar-refractivity contribution in [3.8, 4) is 5.75 Å². The van der Waals surface area contributed by atoms with Gasteiger partial charge in [0.25, 0.3) is 0 Å². The van der Waals surface area contributed by atoms with Gasteiger partial charge >= 0.3 is 5.69 Å². The number of amides is 1. The molecule has 0 saturated heterocycles. The van der Waals surface area contributed by atoms with E-state index in [1.165, 1.54) is 11.8 Å². The fourth-order valence-electron chi connectivity index (χ4n) is 3.67. The van der Waals surface area contributed by atoms with E-state index in [2.05, 4.69) is 10.3 Å². The number of hydrogen-bond donors (Lipinski definition) is 1. The smallest absolute Gasteiger partial charge is 0.349 e. The number of carbonyl (C=O) groups is 1. The second-order valence-corrected chi connectivity index (χ2v) is 8.15. The van der Waals surface area contributed by atoms with Gasteiger partial charge < -0.3 is 14.5 Å². The first-order valence-corrected chi connectivity index (χ1v) is 10.8. The summed E-state index contributed by atoms with van der Waals surface area (Å²) in [5, 5.41) is 3.54. The van der Waals surface area contributed by atoms with Crippen molar-refractivity contribution in [2.75, 3.05) is 18.2 Å². The number of rotatable bonds is 7. The first-order valence-electron chi connectivity index (χ1n) is 9.77. The number of nitrogens with zero attached hydrogens (tertiary/aromatic N) is 2. The highest BCUT2D eigenvalue weighted by Gasteiger charge is 2.23. The molecule has 30 heavy (non-hydrogen) atoms. The summed E-state index contributed by atoms with van der Waals surface area (Å²) >= 11 is 1.30. The Morgan fingerprint density at radius 3 is 2.97 bits per heavy atom. The molecule has 4 rings (SSSR count). The molecular formula is C22H23N3O4S. The monoisotopic (exact) mass is 425 g/mol. The minimum atomic E-state index is -0.310. The molecular weight excluding hydrogens is 402 g/mol. The van der Waals surface area contributed by atoms with Crippen molar-refractivity contribution in [2.45, 2.75) is 37.8 Å². The summed E-state index contributed by atoms with van der Waals surface area (Å²) < 4.78 is 12.4. The summed E-state index contributed by atoms with van der Waals surface area (Å²) in [7, 11) is 1.57. The predicted octanol–water partition coefficient (Wildman–Crippen LogP) is 3.42. The first-order chi connectivity index (χ1) is 14.5. The largest absolute Gasteiger partial charge is 0.495 e. The SMILES string of the molecule is COc1ccc(C)cc1NC(=O)CSc1nc(=O)n(Cc2ccco2)c2c1CCC2. The van der Waals surface area contributed by atoms with E-state index in [-0.39, 0.29) is 17.3 Å². The minimum Gasteiger partial charge on any atom is -0.495 e. The van der Waals surface area contributed by atoms with Gasteiger partial charge in [-0.3, -0.25) is 9.36 Å². The molecule has 0 spiro atoms. The minimum absolute atomic E-state index is 0.165. The highest BCUT2D eigenvalue weighted by Crippen LogP contribution is 2.30. The van der Waals surface area contributed by atoms with E-state index in [1.807, 2.05) is 31.2 Å². The molecule has 0 fully saturated rings. The topological polar surface area (TPSA) is 86.4 Å². The zero-order valence-corrected chi connectivity index (χ0v) is 17.8. The van der Waals surface area contributed by atoms with Gasteiger partial charge in [0.1, 0.15) is 16.5 Å². The Hall–Kier alpha value is -3.00. The van der Waals surface area contributed by atoms with Crippen LogP contribution in [-0.2, 0) is 24.2 Å². The molecule has 2 aromatic heterocycles. The fourth-order valence-corrected chi connectivity index (χ4v) is 4.54. The molecule has 1 N–H and O–H groups in total. The molecule has 1 aliphatic carbocycles. The molecule has 0 saturated carbocycles. The van der Waals surface area contributed by atoms with Gasteiger partial charge in [-0.05, 0) is 56.0 Å². The van der Waals surface area contributed by atoms with E-state index < -0.39 is 0 Å². The van der Waals surface area contributed by atoms with E-state index >= 15 is 0 Å². The maximum atomic E-state index is 12.7. The Kier molecular flexibility index (Phi) is 5.94. The lowest BCUT2D eigenvalue weighted by Crippen LogP contribution is -2.28. The summed E-state index contributed by atoms with van der Waals surface area (Å²) in [6, 6.07) is 9.27. The lowest BCUT2D eigenvalue weighted by Gasteiger charge is -2.14. The number of methoxy groups -OCH3 is 1. The summed E-state index contributed by atoms with van der Waals surface area (Å²) in [4.78, 5) is 29.5. The lowest BCUT2D eigenvalue weighted by molar-refractivity contribution is -0.113. The van der Waals surface area contributed by atoms with Crippen LogP contribution in [0.4, 0.5) is 5.69 Å². The van der Waals surface area contributed by atoms with Gasteiger partial charge in [0.15, 0.2) is 0 Å². The van der Waals surface area contributed by atoms with Crippen LogP contribution in [0.5, 0.6) is 5.75 Å². The third-order valence-corrected chi connectivity index (χ3v) is 6.08. The number of hydrogen-bond acceptors (Lipinski definition) is 6. The third-order valence-electron chi connectivity index (χ3n) is 5.06. The van der Waals surface area contributed by atoms with Crippen LogP contribution in [0, 0.1) is 6.92 Å². The lowest BCUT2D eigenvalue weighted by atomic mass is 10.2. The average Bonchev–Trinajstić information content (AvgIpc) is 3.41. The quantitative estimate of drug-likeness (QED) is 0.461. The number of ether oxygens (including phenoxy) is 1. The van der Waals surface area contributed by atoms with Crippen molar-refractivity contribution in [1.29, 1.82) is 0 Å². The van der Waals surface area contributed by atoms with E-state index in [0.29, 0.717) is 23.0 Å². The first kappa shape index (κ1) is 20.3. The Balaban J connectivity index is 1.50. The van der Waals surface area contributed by atoms with Gasteiger partial charge in [-0.2, -0.15) is 4.98 Å². The molecule has 0 radical (unpaired) electrons. The Morgan fingerprint density at radius 2 is 2.20 bits per heavy atom. The normalized spacial score (nSPS) is 12.6. The van der Waals surface area contributed by atoms with Crippen LogP contribution in [0.2, 0.25) is 0 Å². The number of aromatic nitrogens is 2. The molecule has 0 unspecified atom stereocenters. The van der Waals surface area contributed by atoms with E-state index in [0.717, 1.165) is 41.8 Å². The molecule has 0 bridgehead atoms. The van der Waals surface area contributed by atoms with Gasteiger partial charge in [-0.15, -0.1) is 0 Å². The number of fused-ring (bicyclic) bond motifs is 1. The molecule has 0 aliphatic heterocycles. The van der Waals surface area contributed by atoms with Crippen LogP contribution in [-0.4, -0.2) is 28.3 Å². The maximum absolute atomic E-state index is 12.7. The molecule has 1 aliphatic rings. The zero-order chi connectivity index (χ0) is 21.1. The predicted molar refractivity (Wildman–Crippen MR) is 115 cm³/mol. The van der Waals surface area contributed by atoms with Crippen molar-refractivity contribution in [3.63, 3.8) is 0 Å². The zero-order valence-electron chi connectivity index (χ0n) is 16.9. The molecule has 7 nitrogen and oxygen atoms in total. The van der Waals surface area contributed by atoms with Crippen LogP contribution < -0.4 is 15.7 Å². The summed E-state index contributed by atoms with van der Waals surface area (Å²) in [5.74, 6) is 1.33. The Bertz CT molecular complexity index is 1120. The van der Waals surface area contributed by atoms with Gasteiger partial charge in [0, 0.05) is 11.3 Å². The number of aryl methyl sites for hydroxylation is 1. The molecule has 3 aromatic rings. The highest BCUT2D eigenvalue weighted by molar-refractivity contribution is 8.00. The Morgan fingerprint density at radius 1 is 1.33 bits per heavy atom. The van der Waals surface area contributed by atoms with Crippen molar-refractivity contribution in [1.82, 2.24) is 9.55 Å². The number of anilines is 1. The third kappa shape index (κ3) is 4.28. The summed E-state index contributed by atoms with van der Waals surface area (Å²) in [5.41, 5.74) is 3.41. The number of thioether (sulfide) groups is 1. The molecule has 1 amide bonds. The van der Waals surface area contributed by atoms with Crippen LogP contribution >= 0.6 is 11.8 Å². The fraction of sp³-hybridized carbons (Fsp3) is 0.318. The summed E-state index contributed by atoms with van der Waals surface area (Å²) in [6.45, 7) is 2.33. The van der Waals surface area contributed by atoms with Crippen molar-refractivity contribution in [2.24, 2.45) is 0 Å². The second-order valence-electron chi connectivity index (χ2n) is 7.18. The molecule has 0 atom stereocenters.